The molecule has 0 N–H and O–H groups in total. The fourth-order valence-electron chi connectivity index (χ4n) is 2.08. The molecule has 174 valence electrons. The number of hydrogen-bond donors (Lipinski definition) is 0. The number of unbranched alkanes of at least 4 members (excludes halogenated alkanes) is 1. The maximum Gasteiger partial charge on any atom is 0.460 e. The minimum atomic E-state index is -6.87. The van der Waals surface area contributed by atoms with Crippen LogP contribution in [0.15, 0.2) is 0 Å². The normalized spacial score (nSPS) is 14.9. The van der Waals surface area contributed by atoms with Crippen LogP contribution in [-0.4, -0.2) is 47.5 Å². The second-order valence-corrected chi connectivity index (χ2v) is 8.29. The van der Waals surface area contributed by atoms with Gasteiger partial charge in [-0.05, 0) is 24.5 Å². The lowest BCUT2D eigenvalue weighted by molar-refractivity contribution is -0.396. The van der Waals surface area contributed by atoms with Gasteiger partial charge in [-0.15, -0.1) is 11.8 Å². The molecule has 0 aliphatic rings. The number of ether oxygens (including phenoxy) is 1. The molecule has 0 aromatic rings. The zero-order chi connectivity index (χ0) is 23.1. The van der Waals surface area contributed by atoms with Crippen molar-refractivity contribution in [3.8, 4) is 0 Å². The first-order valence-corrected chi connectivity index (χ1v) is 10.0. The Kier molecular flexibility index (Phi) is 10.7. The quantitative estimate of drug-likeness (QED) is 0.172. The summed E-state index contributed by atoms with van der Waals surface area (Å²) >= 11 is 0.823. The van der Waals surface area contributed by atoms with Crippen LogP contribution in [0.2, 0.25) is 0 Å². The van der Waals surface area contributed by atoms with Gasteiger partial charge in [0.1, 0.15) is 5.25 Å². The molecule has 0 saturated heterocycles. The molecule has 0 bridgehead atoms. The van der Waals surface area contributed by atoms with E-state index in [2.05, 4.69) is 0 Å². The molecule has 2 nitrogen and oxygen atoms in total. The standard InChI is InChI=1S/C17H25F9O2S/c1-4-5-7-12(13(27)28-10-11(2)3)29-9-6-8-14(18,19)15(20,21)16(22,23)17(24,25)26/h11-12H,4-10H2,1-3H3. The van der Waals surface area contributed by atoms with E-state index in [1.165, 1.54) is 0 Å². The highest BCUT2D eigenvalue weighted by molar-refractivity contribution is 8.00. The van der Waals surface area contributed by atoms with E-state index in [0.29, 0.717) is 19.3 Å². The smallest absolute Gasteiger partial charge is 0.460 e. The zero-order valence-corrected chi connectivity index (χ0v) is 17.0. The lowest BCUT2D eigenvalue weighted by Gasteiger charge is -2.33. The molecule has 0 amide bonds. The van der Waals surface area contributed by atoms with Crippen molar-refractivity contribution in [2.45, 2.75) is 82.1 Å². The van der Waals surface area contributed by atoms with Crippen LogP contribution in [0.1, 0.15) is 52.9 Å². The third kappa shape index (κ3) is 7.75. The van der Waals surface area contributed by atoms with Crippen molar-refractivity contribution in [2.24, 2.45) is 5.92 Å². The minimum absolute atomic E-state index is 0.0481. The first kappa shape index (κ1) is 28.2. The summed E-state index contributed by atoms with van der Waals surface area (Å²) in [5.74, 6) is -19.9. The van der Waals surface area contributed by atoms with Gasteiger partial charge < -0.3 is 4.74 Å². The average molecular weight is 464 g/mol. The molecule has 29 heavy (non-hydrogen) atoms. The second-order valence-electron chi connectivity index (χ2n) is 6.98. The maximum absolute atomic E-state index is 13.5. The minimum Gasteiger partial charge on any atom is -0.465 e. The van der Waals surface area contributed by atoms with E-state index in [9.17, 15) is 44.3 Å². The van der Waals surface area contributed by atoms with Crippen molar-refractivity contribution in [2.75, 3.05) is 12.4 Å². The number of alkyl halides is 9. The number of carbonyl (C=O) groups is 1. The molecule has 0 spiro atoms. The number of halogens is 9. The Morgan fingerprint density at radius 3 is 1.93 bits per heavy atom. The van der Waals surface area contributed by atoms with Gasteiger partial charge in [0, 0.05) is 6.42 Å². The monoisotopic (exact) mass is 464 g/mol. The Bertz CT molecular complexity index is 508. The molecule has 0 fully saturated rings. The van der Waals surface area contributed by atoms with E-state index in [0.717, 1.165) is 11.8 Å². The van der Waals surface area contributed by atoms with Gasteiger partial charge in [0.05, 0.1) is 6.61 Å². The molecule has 0 aliphatic carbocycles. The van der Waals surface area contributed by atoms with Crippen LogP contribution >= 0.6 is 11.8 Å². The molecular formula is C17H25F9O2S. The van der Waals surface area contributed by atoms with Crippen LogP contribution < -0.4 is 0 Å². The highest BCUT2D eigenvalue weighted by Crippen LogP contribution is 2.54. The van der Waals surface area contributed by atoms with Crippen LogP contribution in [0.4, 0.5) is 39.5 Å². The number of carbonyl (C=O) groups excluding carboxylic acids is 1. The van der Waals surface area contributed by atoms with Crippen LogP contribution in [0.3, 0.4) is 0 Å². The van der Waals surface area contributed by atoms with Gasteiger partial charge in [-0.25, -0.2) is 0 Å². The molecule has 0 aromatic carbocycles. The Morgan fingerprint density at radius 2 is 1.48 bits per heavy atom. The van der Waals surface area contributed by atoms with Crippen molar-refractivity contribution < 1.29 is 49.0 Å². The summed E-state index contributed by atoms with van der Waals surface area (Å²) in [7, 11) is 0. The summed E-state index contributed by atoms with van der Waals surface area (Å²) in [6, 6.07) is 0. The molecule has 0 aromatic heterocycles. The van der Waals surface area contributed by atoms with Gasteiger partial charge in [-0.2, -0.15) is 39.5 Å². The molecular weight excluding hydrogens is 439 g/mol. The van der Waals surface area contributed by atoms with Crippen LogP contribution in [0.25, 0.3) is 0 Å². The Balaban J connectivity index is 4.89. The van der Waals surface area contributed by atoms with E-state index >= 15 is 0 Å². The molecule has 0 aliphatic heterocycles. The predicted molar refractivity (Wildman–Crippen MR) is 91.7 cm³/mol. The summed E-state index contributed by atoms with van der Waals surface area (Å²) < 4.78 is 120. The average Bonchev–Trinajstić information content (AvgIpc) is 2.57. The topological polar surface area (TPSA) is 26.3 Å². The Morgan fingerprint density at radius 1 is 0.931 bits per heavy atom. The SMILES string of the molecule is CCCCC(SCCCC(F)(F)C(F)(F)C(F)(F)C(F)(F)F)C(=O)OCC(C)C. The number of esters is 1. The van der Waals surface area contributed by atoms with Crippen molar-refractivity contribution >= 4 is 17.7 Å². The van der Waals surface area contributed by atoms with Gasteiger partial charge in [0.25, 0.3) is 0 Å². The Labute approximate surface area is 167 Å². The van der Waals surface area contributed by atoms with Crippen LogP contribution in [-0.2, 0) is 9.53 Å². The molecule has 0 heterocycles. The largest absolute Gasteiger partial charge is 0.465 e. The summed E-state index contributed by atoms with van der Waals surface area (Å²) in [5, 5.41) is -0.764. The highest BCUT2D eigenvalue weighted by atomic mass is 32.2. The van der Waals surface area contributed by atoms with E-state index in [1.54, 1.807) is 13.8 Å². The fraction of sp³-hybridized carbons (Fsp3) is 0.941. The summed E-state index contributed by atoms with van der Waals surface area (Å²) in [6.45, 7) is 5.55. The Hall–Kier alpha value is -0.810. The lowest BCUT2D eigenvalue weighted by atomic mass is 10.00. The first-order chi connectivity index (χ1) is 13.0. The van der Waals surface area contributed by atoms with E-state index in [4.69, 9.17) is 4.74 Å². The van der Waals surface area contributed by atoms with Crippen molar-refractivity contribution in [1.29, 1.82) is 0 Å². The third-order valence-corrected chi connectivity index (χ3v) is 5.16. The van der Waals surface area contributed by atoms with Gasteiger partial charge in [0.2, 0.25) is 0 Å². The summed E-state index contributed by atoms with van der Waals surface area (Å²) in [6.07, 6.45) is -7.86. The second kappa shape index (κ2) is 11.0. The predicted octanol–water partition coefficient (Wildman–Crippen LogP) is 6.73. The maximum atomic E-state index is 13.5. The van der Waals surface area contributed by atoms with Crippen molar-refractivity contribution in [3.63, 3.8) is 0 Å². The van der Waals surface area contributed by atoms with E-state index in [-0.39, 0.29) is 18.3 Å². The van der Waals surface area contributed by atoms with Gasteiger partial charge in [0.15, 0.2) is 0 Å². The van der Waals surface area contributed by atoms with E-state index < -0.39 is 48.0 Å². The van der Waals surface area contributed by atoms with Gasteiger partial charge in [-0.1, -0.05) is 33.6 Å². The zero-order valence-electron chi connectivity index (χ0n) is 16.2. The van der Waals surface area contributed by atoms with Crippen molar-refractivity contribution in [1.82, 2.24) is 0 Å². The van der Waals surface area contributed by atoms with E-state index in [1.807, 2.05) is 6.92 Å². The molecule has 12 heteroatoms. The highest BCUT2D eigenvalue weighted by Gasteiger charge is 2.81. The molecule has 0 saturated carbocycles. The summed E-state index contributed by atoms with van der Waals surface area (Å²) in [5.41, 5.74) is 0. The van der Waals surface area contributed by atoms with Crippen LogP contribution in [0, 0.1) is 5.92 Å². The molecule has 0 radical (unpaired) electrons. The lowest BCUT2D eigenvalue weighted by Crippen LogP contribution is -2.60. The number of rotatable bonds is 13. The molecule has 1 unspecified atom stereocenters. The number of thioether (sulfide) groups is 1. The van der Waals surface area contributed by atoms with Crippen molar-refractivity contribution in [3.05, 3.63) is 0 Å². The molecule has 1 atom stereocenters. The van der Waals surface area contributed by atoms with Gasteiger partial charge in [-0.3, -0.25) is 4.79 Å². The molecule has 0 rings (SSSR count). The third-order valence-electron chi connectivity index (χ3n) is 3.81. The first-order valence-electron chi connectivity index (χ1n) is 8.99. The summed E-state index contributed by atoms with van der Waals surface area (Å²) in [4.78, 5) is 12.0. The number of hydrogen-bond acceptors (Lipinski definition) is 3. The fourth-order valence-corrected chi connectivity index (χ4v) is 3.22. The van der Waals surface area contributed by atoms with Gasteiger partial charge >= 0.3 is 29.9 Å². The van der Waals surface area contributed by atoms with Crippen LogP contribution in [0.5, 0.6) is 0 Å².